The summed E-state index contributed by atoms with van der Waals surface area (Å²) in [5.74, 6) is -1.64. The number of carbonyl (C=O) groups excluding carboxylic acids is 4. The average Bonchev–Trinajstić information content (AvgIpc) is 2.86. The summed E-state index contributed by atoms with van der Waals surface area (Å²) in [6.07, 6.45) is 0. The number of methoxy groups -OCH3 is 1. The van der Waals surface area contributed by atoms with Crippen LogP contribution < -0.4 is 20.5 Å². The van der Waals surface area contributed by atoms with Crippen LogP contribution in [0.1, 0.15) is 31.1 Å². The second kappa shape index (κ2) is 11.3. The summed E-state index contributed by atoms with van der Waals surface area (Å²) in [4.78, 5) is 47.8. The van der Waals surface area contributed by atoms with E-state index in [2.05, 4.69) is 5.32 Å². The number of Topliss-reactive ketones (excluding diaryl/α,β-unsaturated/α-hetero) is 1. The number of ether oxygens (including phenoxy) is 3. The number of esters is 1. The SMILES string of the molecule is COc1cc(C(=O)OCC(=O)c2ccc(NC(=O)c3ccccc3)cc2)ccc1OCC(N)=O. The van der Waals surface area contributed by atoms with Gasteiger partial charge in [-0.25, -0.2) is 4.79 Å². The number of anilines is 1. The van der Waals surface area contributed by atoms with Crippen molar-refractivity contribution in [3.8, 4) is 11.5 Å². The second-order valence-electron chi connectivity index (χ2n) is 7.02. The standard InChI is InChI=1S/C25H22N2O7/c1-32-22-13-18(9-12-21(22)33-15-23(26)29)25(31)34-14-20(28)16-7-10-19(11-8-16)27-24(30)17-5-3-2-4-6-17/h2-13H,14-15H2,1H3,(H2,26,29)(H,27,30). The van der Waals surface area contributed by atoms with Gasteiger partial charge in [0.1, 0.15) is 0 Å². The molecule has 0 heterocycles. The Morgan fingerprint density at radius 2 is 1.47 bits per heavy atom. The quantitative estimate of drug-likeness (QED) is 0.349. The topological polar surface area (TPSA) is 134 Å². The van der Waals surface area contributed by atoms with Gasteiger partial charge in [0.05, 0.1) is 12.7 Å². The molecule has 0 bridgehead atoms. The van der Waals surface area contributed by atoms with E-state index in [9.17, 15) is 19.2 Å². The number of hydrogen-bond acceptors (Lipinski definition) is 7. The Morgan fingerprint density at radius 3 is 2.12 bits per heavy atom. The monoisotopic (exact) mass is 462 g/mol. The maximum atomic E-state index is 12.4. The van der Waals surface area contributed by atoms with Crippen LogP contribution in [0.4, 0.5) is 5.69 Å². The molecule has 3 aromatic carbocycles. The Balaban J connectivity index is 1.56. The van der Waals surface area contributed by atoms with E-state index < -0.39 is 24.3 Å². The number of primary amides is 1. The molecule has 0 aliphatic rings. The molecule has 0 aromatic heterocycles. The third kappa shape index (κ3) is 6.42. The van der Waals surface area contributed by atoms with Gasteiger partial charge in [-0.2, -0.15) is 0 Å². The van der Waals surface area contributed by atoms with Gasteiger partial charge < -0.3 is 25.3 Å². The van der Waals surface area contributed by atoms with Crippen LogP contribution in [0, 0.1) is 0 Å². The molecule has 3 rings (SSSR count). The van der Waals surface area contributed by atoms with Crippen LogP contribution >= 0.6 is 0 Å². The van der Waals surface area contributed by atoms with Crippen molar-refractivity contribution < 1.29 is 33.4 Å². The summed E-state index contributed by atoms with van der Waals surface area (Å²) in [6, 6.07) is 19.2. The van der Waals surface area contributed by atoms with Crippen molar-refractivity contribution in [1.82, 2.24) is 0 Å². The second-order valence-corrected chi connectivity index (χ2v) is 7.02. The van der Waals surface area contributed by atoms with Gasteiger partial charge >= 0.3 is 5.97 Å². The van der Waals surface area contributed by atoms with Gasteiger partial charge in [0.2, 0.25) is 0 Å². The van der Waals surface area contributed by atoms with Crippen molar-refractivity contribution in [1.29, 1.82) is 0 Å². The van der Waals surface area contributed by atoms with E-state index in [1.165, 1.54) is 37.4 Å². The van der Waals surface area contributed by atoms with Crippen molar-refractivity contribution in [3.63, 3.8) is 0 Å². The molecule has 0 aliphatic heterocycles. The van der Waals surface area contributed by atoms with Crippen molar-refractivity contribution >= 4 is 29.3 Å². The molecule has 34 heavy (non-hydrogen) atoms. The normalized spacial score (nSPS) is 10.1. The highest BCUT2D eigenvalue weighted by atomic mass is 16.5. The first-order valence-electron chi connectivity index (χ1n) is 10.1. The van der Waals surface area contributed by atoms with Crippen LogP contribution in [0.3, 0.4) is 0 Å². The summed E-state index contributed by atoms with van der Waals surface area (Å²) >= 11 is 0. The number of nitrogens with two attached hydrogens (primary N) is 1. The Morgan fingerprint density at radius 1 is 0.794 bits per heavy atom. The zero-order valence-corrected chi connectivity index (χ0v) is 18.3. The first kappa shape index (κ1) is 24.0. The summed E-state index contributed by atoms with van der Waals surface area (Å²) in [6.45, 7) is -0.819. The van der Waals surface area contributed by atoms with E-state index >= 15 is 0 Å². The van der Waals surface area contributed by atoms with Gasteiger partial charge in [-0.1, -0.05) is 18.2 Å². The molecule has 0 radical (unpaired) electrons. The van der Waals surface area contributed by atoms with Gasteiger partial charge in [-0.05, 0) is 54.6 Å². The molecule has 3 N–H and O–H groups in total. The minimum Gasteiger partial charge on any atom is -0.493 e. The van der Waals surface area contributed by atoms with E-state index in [-0.39, 0.29) is 29.6 Å². The Labute approximate surface area is 195 Å². The maximum absolute atomic E-state index is 12.4. The van der Waals surface area contributed by atoms with Gasteiger partial charge in [0.15, 0.2) is 30.5 Å². The fourth-order valence-corrected chi connectivity index (χ4v) is 2.89. The summed E-state index contributed by atoms with van der Waals surface area (Å²) in [5, 5.41) is 2.74. The highest BCUT2D eigenvalue weighted by molar-refractivity contribution is 6.05. The van der Waals surface area contributed by atoms with Crippen LogP contribution in [0.5, 0.6) is 11.5 Å². The van der Waals surface area contributed by atoms with E-state index in [4.69, 9.17) is 19.9 Å². The van der Waals surface area contributed by atoms with Crippen molar-refractivity contribution in [3.05, 3.63) is 89.5 Å². The third-order valence-corrected chi connectivity index (χ3v) is 4.60. The van der Waals surface area contributed by atoms with Crippen molar-refractivity contribution in [2.75, 3.05) is 25.6 Å². The summed E-state index contributed by atoms with van der Waals surface area (Å²) in [5.41, 5.74) is 6.54. The number of carbonyl (C=O) groups is 4. The van der Waals surface area contributed by atoms with Crippen LogP contribution in [0.25, 0.3) is 0 Å². The molecule has 3 aromatic rings. The van der Waals surface area contributed by atoms with Gasteiger partial charge in [0.25, 0.3) is 11.8 Å². The largest absolute Gasteiger partial charge is 0.493 e. The lowest BCUT2D eigenvalue weighted by atomic mass is 10.1. The van der Waals surface area contributed by atoms with E-state index in [1.54, 1.807) is 36.4 Å². The Bertz CT molecular complexity index is 1190. The van der Waals surface area contributed by atoms with Crippen LogP contribution in [-0.4, -0.2) is 43.9 Å². The molecule has 0 fully saturated rings. The fraction of sp³-hybridized carbons (Fsp3) is 0.120. The molecule has 0 saturated heterocycles. The fourth-order valence-electron chi connectivity index (χ4n) is 2.89. The smallest absolute Gasteiger partial charge is 0.338 e. The third-order valence-electron chi connectivity index (χ3n) is 4.60. The molecule has 0 unspecified atom stereocenters. The minimum atomic E-state index is -0.736. The number of benzene rings is 3. The molecule has 9 nitrogen and oxygen atoms in total. The first-order chi connectivity index (χ1) is 16.4. The molecule has 0 atom stereocenters. The molecular formula is C25H22N2O7. The Hall–Kier alpha value is -4.66. The van der Waals surface area contributed by atoms with Crippen LogP contribution in [0.15, 0.2) is 72.8 Å². The maximum Gasteiger partial charge on any atom is 0.338 e. The molecule has 9 heteroatoms. The van der Waals surface area contributed by atoms with Gasteiger partial charge in [-0.3, -0.25) is 14.4 Å². The molecule has 0 saturated carbocycles. The van der Waals surface area contributed by atoms with Gasteiger partial charge in [0, 0.05) is 16.8 Å². The lowest BCUT2D eigenvalue weighted by Gasteiger charge is -2.11. The molecule has 0 aliphatic carbocycles. The predicted molar refractivity (Wildman–Crippen MR) is 123 cm³/mol. The number of ketones is 1. The average molecular weight is 462 g/mol. The molecule has 0 spiro atoms. The van der Waals surface area contributed by atoms with Crippen molar-refractivity contribution in [2.24, 2.45) is 5.73 Å². The van der Waals surface area contributed by atoms with Gasteiger partial charge in [-0.15, -0.1) is 0 Å². The summed E-state index contributed by atoms with van der Waals surface area (Å²) < 4.78 is 15.5. The summed E-state index contributed by atoms with van der Waals surface area (Å²) in [7, 11) is 1.37. The number of amides is 2. The number of hydrogen-bond donors (Lipinski definition) is 2. The predicted octanol–water partition coefficient (Wildman–Crippen LogP) is 2.85. The first-order valence-corrected chi connectivity index (χ1v) is 10.1. The number of nitrogens with one attached hydrogen (secondary N) is 1. The van der Waals surface area contributed by atoms with E-state index in [1.807, 2.05) is 6.07 Å². The van der Waals surface area contributed by atoms with Crippen LogP contribution in [0.2, 0.25) is 0 Å². The van der Waals surface area contributed by atoms with Crippen molar-refractivity contribution in [2.45, 2.75) is 0 Å². The lowest BCUT2D eigenvalue weighted by Crippen LogP contribution is -2.20. The highest BCUT2D eigenvalue weighted by Crippen LogP contribution is 2.28. The van der Waals surface area contributed by atoms with Crippen LogP contribution in [-0.2, 0) is 9.53 Å². The molecule has 2 amide bonds. The zero-order chi connectivity index (χ0) is 24.5. The minimum absolute atomic E-state index is 0.134. The molecular weight excluding hydrogens is 440 g/mol. The Kier molecular flexibility index (Phi) is 7.96. The van der Waals surface area contributed by atoms with E-state index in [0.29, 0.717) is 16.8 Å². The van der Waals surface area contributed by atoms with E-state index in [0.717, 1.165) is 0 Å². The zero-order valence-electron chi connectivity index (χ0n) is 18.3. The lowest BCUT2D eigenvalue weighted by molar-refractivity contribution is -0.119. The number of rotatable bonds is 10. The molecule has 174 valence electrons. The highest BCUT2D eigenvalue weighted by Gasteiger charge is 2.15.